The van der Waals surface area contributed by atoms with Gasteiger partial charge in [-0.25, -0.2) is 4.79 Å². The Balaban J connectivity index is 1.64. The first-order valence-corrected chi connectivity index (χ1v) is 10.5. The van der Waals surface area contributed by atoms with Gasteiger partial charge in [0.1, 0.15) is 11.3 Å². The molecule has 4 rings (SSSR count). The van der Waals surface area contributed by atoms with Crippen LogP contribution in [0, 0.1) is 0 Å². The van der Waals surface area contributed by atoms with Gasteiger partial charge in [-0.15, -0.1) is 11.3 Å². The minimum absolute atomic E-state index is 0.401. The summed E-state index contributed by atoms with van der Waals surface area (Å²) in [5, 5.41) is 1.83. The highest BCUT2D eigenvalue weighted by Gasteiger charge is 2.29. The van der Waals surface area contributed by atoms with Crippen molar-refractivity contribution in [2.75, 3.05) is 26.3 Å². The summed E-state index contributed by atoms with van der Waals surface area (Å²) in [6, 6.07) is 9.10. The fourth-order valence-electron chi connectivity index (χ4n) is 3.16. The molecule has 2 aliphatic rings. The molecule has 0 saturated carbocycles. The summed E-state index contributed by atoms with van der Waals surface area (Å²) < 4.78 is 17.2. The Bertz CT molecular complexity index is 895. The van der Waals surface area contributed by atoms with Crippen LogP contribution in [0.2, 0.25) is 0 Å². The minimum atomic E-state index is -0.401. The van der Waals surface area contributed by atoms with E-state index in [1.807, 2.05) is 23.6 Å². The van der Waals surface area contributed by atoms with Crippen LogP contribution in [0.25, 0.3) is 5.57 Å². The Morgan fingerprint density at radius 2 is 2.04 bits per heavy atom. The normalized spacial score (nSPS) is 17.7. The third kappa shape index (κ3) is 3.98. The molecule has 0 bridgehead atoms. The topological polar surface area (TPSA) is 48.0 Å². The lowest BCUT2D eigenvalue weighted by Crippen LogP contribution is -2.38. The number of benzene rings is 1. The van der Waals surface area contributed by atoms with Gasteiger partial charge >= 0.3 is 5.97 Å². The quantitative estimate of drug-likeness (QED) is 0.540. The number of morpholine rings is 1. The SMILES string of the molecule is CCC/C=C1/C=C(N2CCOCC2)Oc2c(C(=O)Oc3ccccc3)csc21. The number of hydrogen-bond acceptors (Lipinski definition) is 6. The highest BCUT2D eigenvalue weighted by atomic mass is 32.1. The zero-order valence-electron chi connectivity index (χ0n) is 15.8. The van der Waals surface area contributed by atoms with Crippen molar-refractivity contribution in [3.05, 3.63) is 64.2 Å². The molecular formula is C22H23NO4S. The van der Waals surface area contributed by atoms with Crippen molar-refractivity contribution < 1.29 is 19.0 Å². The number of thiophene rings is 1. The molecule has 1 saturated heterocycles. The summed E-state index contributed by atoms with van der Waals surface area (Å²) in [7, 11) is 0. The van der Waals surface area contributed by atoms with E-state index < -0.39 is 5.97 Å². The van der Waals surface area contributed by atoms with Gasteiger partial charge in [0.25, 0.3) is 0 Å². The van der Waals surface area contributed by atoms with Crippen LogP contribution in [-0.4, -0.2) is 37.2 Å². The zero-order valence-corrected chi connectivity index (χ0v) is 16.7. The van der Waals surface area contributed by atoms with Crippen molar-refractivity contribution in [3.63, 3.8) is 0 Å². The molecule has 0 aliphatic carbocycles. The summed E-state index contributed by atoms with van der Waals surface area (Å²) in [5.41, 5.74) is 1.57. The van der Waals surface area contributed by atoms with Crippen molar-refractivity contribution in [1.29, 1.82) is 0 Å². The first-order chi connectivity index (χ1) is 13.8. The van der Waals surface area contributed by atoms with Gasteiger partial charge in [0, 0.05) is 24.5 Å². The maximum absolute atomic E-state index is 12.8. The summed E-state index contributed by atoms with van der Waals surface area (Å²) in [4.78, 5) is 15.9. The Kier molecular flexibility index (Phi) is 5.78. The predicted octanol–water partition coefficient (Wildman–Crippen LogP) is 4.72. The molecule has 0 radical (unpaired) electrons. The van der Waals surface area contributed by atoms with Gasteiger partial charge in [-0.3, -0.25) is 0 Å². The maximum Gasteiger partial charge on any atom is 0.348 e. The number of nitrogens with zero attached hydrogens (tertiary/aromatic N) is 1. The van der Waals surface area contributed by atoms with E-state index in [-0.39, 0.29) is 0 Å². The molecule has 2 aliphatic heterocycles. The molecule has 0 spiro atoms. The summed E-state index contributed by atoms with van der Waals surface area (Å²) >= 11 is 1.52. The first-order valence-electron chi connectivity index (χ1n) is 9.57. The molecule has 0 unspecified atom stereocenters. The monoisotopic (exact) mass is 397 g/mol. The molecule has 146 valence electrons. The van der Waals surface area contributed by atoms with Gasteiger partial charge in [0.05, 0.1) is 18.1 Å². The standard InChI is InChI=1S/C22H23NO4S/c1-2-3-7-16-14-19(23-10-12-25-13-11-23)27-20-18(15-28-21(16)20)22(24)26-17-8-5-4-6-9-17/h4-9,14-15H,2-3,10-13H2,1H3/b16-7-. The third-order valence-corrected chi connectivity index (χ3v) is 5.65. The molecule has 1 aromatic heterocycles. The molecule has 0 amide bonds. The molecule has 1 aromatic carbocycles. The molecule has 5 nitrogen and oxygen atoms in total. The van der Waals surface area contributed by atoms with E-state index in [1.54, 1.807) is 12.1 Å². The highest BCUT2D eigenvalue weighted by molar-refractivity contribution is 7.12. The number of carbonyl (C=O) groups excluding carboxylic acids is 1. The van der Waals surface area contributed by atoms with Crippen LogP contribution in [0.1, 0.15) is 35.0 Å². The van der Waals surface area contributed by atoms with Gasteiger partial charge in [0.15, 0.2) is 11.6 Å². The van der Waals surface area contributed by atoms with E-state index in [1.165, 1.54) is 11.3 Å². The van der Waals surface area contributed by atoms with E-state index in [2.05, 4.69) is 24.0 Å². The number of para-hydroxylation sites is 1. The largest absolute Gasteiger partial charge is 0.439 e. The van der Waals surface area contributed by atoms with E-state index in [0.717, 1.165) is 42.3 Å². The molecule has 6 heteroatoms. The van der Waals surface area contributed by atoms with Gasteiger partial charge in [-0.05, 0) is 24.1 Å². The Morgan fingerprint density at radius 1 is 1.25 bits per heavy atom. The second-order valence-electron chi connectivity index (χ2n) is 6.64. The molecule has 28 heavy (non-hydrogen) atoms. The Hall–Kier alpha value is -2.57. The van der Waals surface area contributed by atoms with Crippen molar-refractivity contribution in [1.82, 2.24) is 4.90 Å². The number of esters is 1. The fraction of sp³-hybridized carbons (Fsp3) is 0.318. The lowest BCUT2D eigenvalue weighted by atomic mass is 10.1. The molecule has 3 heterocycles. The third-order valence-electron chi connectivity index (χ3n) is 4.64. The fourth-order valence-corrected chi connectivity index (χ4v) is 4.14. The van der Waals surface area contributed by atoms with Crippen LogP contribution in [0.4, 0.5) is 0 Å². The lowest BCUT2D eigenvalue weighted by Gasteiger charge is -2.32. The van der Waals surface area contributed by atoms with Crippen molar-refractivity contribution in [3.8, 4) is 11.5 Å². The van der Waals surface area contributed by atoms with Gasteiger partial charge in [0.2, 0.25) is 0 Å². The van der Waals surface area contributed by atoms with Crippen LogP contribution in [0.5, 0.6) is 11.5 Å². The number of rotatable bonds is 5. The van der Waals surface area contributed by atoms with Crippen molar-refractivity contribution >= 4 is 22.9 Å². The number of ether oxygens (including phenoxy) is 3. The van der Waals surface area contributed by atoms with E-state index >= 15 is 0 Å². The van der Waals surface area contributed by atoms with E-state index in [0.29, 0.717) is 30.3 Å². The van der Waals surface area contributed by atoms with Crippen molar-refractivity contribution in [2.45, 2.75) is 19.8 Å². The zero-order chi connectivity index (χ0) is 19.3. The summed E-state index contributed by atoms with van der Waals surface area (Å²) in [6.07, 6.45) is 6.33. The molecule has 0 N–H and O–H groups in total. The van der Waals surface area contributed by atoms with Gasteiger partial charge < -0.3 is 19.1 Å². The lowest BCUT2D eigenvalue weighted by molar-refractivity contribution is 0.0345. The molecule has 1 fully saturated rings. The average molecular weight is 397 g/mol. The van der Waals surface area contributed by atoms with Crippen LogP contribution >= 0.6 is 11.3 Å². The predicted molar refractivity (Wildman–Crippen MR) is 110 cm³/mol. The first kappa shape index (κ1) is 18.8. The molecule has 2 aromatic rings. The average Bonchev–Trinajstić information content (AvgIpc) is 3.17. The van der Waals surface area contributed by atoms with Crippen LogP contribution in [-0.2, 0) is 4.74 Å². The number of fused-ring (bicyclic) bond motifs is 1. The number of hydrogen-bond donors (Lipinski definition) is 0. The van der Waals surface area contributed by atoms with Gasteiger partial charge in [-0.1, -0.05) is 37.6 Å². The van der Waals surface area contributed by atoms with Crippen LogP contribution in [0.15, 0.2) is 53.7 Å². The smallest absolute Gasteiger partial charge is 0.348 e. The molecular weight excluding hydrogens is 374 g/mol. The summed E-state index contributed by atoms with van der Waals surface area (Å²) in [6.45, 7) is 5.05. The van der Waals surface area contributed by atoms with Gasteiger partial charge in [-0.2, -0.15) is 0 Å². The highest BCUT2D eigenvalue weighted by Crippen LogP contribution is 2.42. The molecule has 0 atom stereocenters. The number of allylic oxidation sites excluding steroid dienone is 3. The Morgan fingerprint density at radius 3 is 2.79 bits per heavy atom. The maximum atomic E-state index is 12.8. The van der Waals surface area contributed by atoms with Crippen LogP contribution < -0.4 is 9.47 Å². The second kappa shape index (κ2) is 8.63. The summed E-state index contributed by atoms with van der Waals surface area (Å²) in [5.74, 6) is 1.48. The van der Waals surface area contributed by atoms with E-state index in [9.17, 15) is 4.79 Å². The second-order valence-corrected chi connectivity index (χ2v) is 7.52. The Labute approximate surface area is 168 Å². The van der Waals surface area contributed by atoms with Crippen molar-refractivity contribution in [2.24, 2.45) is 0 Å². The minimum Gasteiger partial charge on any atom is -0.439 e. The number of carbonyl (C=O) groups is 1. The van der Waals surface area contributed by atoms with Crippen LogP contribution in [0.3, 0.4) is 0 Å². The van der Waals surface area contributed by atoms with E-state index in [4.69, 9.17) is 14.2 Å². The number of unbranched alkanes of at least 4 members (excludes halogenated alkanes) is 1.